The van der Waals surface area contributed by atoms with Crippen molar-refractivity contribution in [1.82, 2.24) is 39.9 Å². The zero-order chi connectivity index (χ0) is 79.8. The number of hydrogen-bond donors (Lipinski definition) is 0. The molecule has 8 nitrogen and oxygen atoms in total. The minimum atomic E-state index is -0.0367. The van der Waals surface area contributed by atoms with E-state index in [1.165, 1.54) is 79.6 Å². The van der Waals surface area contributed by atoms with Gasteiger partial charge in [0.15, 0.2) is 34.9 Å². The smallest absolute Gasteiger partial charge is 0.165 e. The number of hydrogen-bond acceptors (Lipinski definition) is 8. The first-order valence-corrected chi connectivity index (χ1v) is 40.9. The molecule has 0 spiro atoms. The van der Waals surface area contributed by atoms with Gasteiger partial charge in [0.2, 0.25) is 0 Å². The van der Waals surface area contributed by atoms with Crippen LogP contribution in [0.2, 0.25) is 0 Å². The maximum absolute atomic E-state index is 5.27. The van der Waals surface area contributed by atoms with Crippen molar-refractivity contribution >= 4 is 0 Å². The van der Waals surface area contributed by atoms with Crippen molar-refractivity contribution in [2.75, 3.05) is 0 Å². The Kier molecular flexibility index (Phi) is 19.6. The first-order valence-electron chi connectivity index (χ1n) is 40.9. The Labute approximate surface area is 699 Å². The summed E-state index contributed by atoms with van der Waals surface area (Å²) in [4.78, 5) is 41.4. The van der Waals surface area contributed by atoms with Gasteiger partial charge in [0.05, 0.1) is 0 Å². The van der Waals surface area contributed by atoms with Crippen LogP contribution in [0.4, 0.5) is 0 Å². The Morgan fingerprint density at radius 1 is 0.232 bits per heavy atom. The summed E-state index contributed by atoms with van der Waals surface area (Å²) in [7, 11) is 0. The Morgan fingerprint density at radius 2 is 0.473 bits per heavy atom. The SMILES string of the molecule is CC1(C)CC(C)(C)c2cc(-c3ccc(-c4nc(-c5ccc6c(c5)C(C)(C)C(C)(C)C6(C)C)nc(-c5ccc6c(c5)C(C)(C)C(C)(C)C6(C)C)n4)cn3)[c-]cc21.CC1(C)CCC(C)(C)c2cc(-c3nc(-c4ccc(-c5[c-]cc6c(c5)C(C)(C)C(C)(C)C6(C)C)nc4)nc(-c4ccc5c(c4)C(C)(C)CCC5(C)C)n3)ccc21.[Ir].[Ir]. The zero-order valence-electron chi connectivity index (χ0n) is 73.0. The van der Waals surface area contributed by atoms with Gasteiger partial charge in [-0.2, -0.15) is 0 Å². The molecular weight excluding hydrogens is 1720 g/mol. The maximum atomic E-state index is 5.27. The van der Waals surface area contributed by atoms with Gasteiger partial charge in [0, 0.05) is 86.0 Å². The molecule has 0 atom stereocenters. The molecule has 112 heavy (non-hydrogen) atoms. The summed E-state index contributed by atoms with van der Waals surface area (Å²) >= 11 is 0. The van der Waals surface area contributed by atoms with E-state index in [2.05, 4.69) is 341 Å². The van der Waals surface area contributed by atoms with Crippen LogP contribution >= 0.6 is 0 Å². The predicted molar refractivity (Wildman–Crippen MR) is 457 cm³/mol. The van der Waals surface area contributed by atoms with Crippen molar-refractivity contribution in [3.05, 3.63) is 213 Å². The molecular formula is C102H122Ir2N8-2. The third kappa shape index (κ3) is 12.5. The van der Waals surface area contributed by atoms with E-state index in [0.717, 1.165) is 75.2 Å². The summed E-state index contributed by atoms with van der Waals surface area (Å²) in [6, 6.07) is 52.2. The van der Waals surface area contributed by atoms with Gasteiger partial charge >= 0.3 is 0 Å². The van der Waals surface area contributed by atoms with Gasteiger partial charge in [-0.25, -0.2) is 29.9 Å². The van der Waals surface area contributed by atoms with Crippen LogP contribution in [0, 0.1) is 28.4 Å². The first-order chi connectivity index (χ1) is 50.7. The van der Waals surface area contributed by atoms with E-state index in [1.807, 2.05) is 12.4 Å². The third-order valence-corrected chi connectivity index (χ3v) is 32.3. The van der Waals surface area contributed by atoms with Gasteiger partial charge in [-0.1, -0.05) is 281 Å². The van der Waals surface area contributed by atoms with Crippen LogP contribution in [0.3, 0.4) is 0 Å². The zero-order valence-corrected chi connectivity index (χ0v) is 77.8. The summed E-state index contributed by atoms with van der Waals surface area (Å²) in [5, 5.41) is 0. The molecule has 0 unspecified atom stereocenters. The van der Waals surface area contributed by atoms with Crippen molar-refractivity contribution in [2.45, 2.75) is 305 Å². The van der Waals surface area contributed by atoms with E-state index in [1.54, 1.807) is 0 Å². The largest absolute Gasteiger partial charge is 0.304 e. The van der Waals surface area contributed by atoms with Crippen LogP contribution in [0.25, 0.3) is 90.8 Å². The fourth-order valence-electron chi connectivity index (χ4n) is 20.9. The fourth-order valence-corrected chi connectivity index (χ4v) is 20.9. The molecule has 0 fully saturated rings. The van der Waals surface area contributed by atoms with Crippen molar-refractivity contribution < 1.29 is 40.2 Å². The van der Waals surface area contributed by atoms with E-state index in [-0.39, 0.29) is 121 Å². The molecule has 6 aromatic carbocycles. The van der Waals surface area contributed by atoms with Gasteiger partial charge in [-0.15, -0.1) is 69.8 Å². The monoisotopic (exact) mass is 1840 g/mol. The maximum Gasteiger partial charge on any atom is 0.165 e. The molecule has 4 heterocycles. The van der Waals surface area contributed by atoms with Gasteiger partial charge in [0.25, 0.3) is 0 Å². The molecule has 2 radical (unpaired) electrons. The molecule has 10 aromatic rings. The second kappa shape index (κ2) is 26.5. The van der Waals surface area contributed by atoms with E-state index in [0.29, 0.717) is 34.9 Å². The molecule has 0 N–H and O–H groups in total. The number of aromatic nitrogens is 8. The van der Waals surface area contributed by atoms with Crippen LogP contribution in [0.5, 0.6) is 0 Å². The molecule has 0 aliphatic heterocycles. The quantitative estimate of drug-likeness (QED) is 0.139. The second-order valence-electron chi connectivity index (χ2n) is 43.0. The molecule has 0 saturated heterocycles. The Balaban J connectivity index is 0.000000193. The Hall–Kier alpha value is -7.06. The van der Waals surface area contributed by atoms with Crippen LogP contribution in [0.15, 0.2) is 134 Å². The van der Waals surface area contributed by atoms with Crippen LogP contribution in [0.1, 0.15) is 307 Å². The van der Waals surface area contributed by atoms with Gasteiger partial charge in [-0.3, -0.25) is 0 Å². The second-order valence-corrected chi connectivity index (χ2v) is 43.0. The van der Waals surface area contributed by atoms with Crippen molar-refractivity contribution in [3.63, 3.8) is 0 Å². The summed E-state index contributed by atoms with van der Waals surface area (Å²) in [5.74, 6) is 4.02. The summed E-state index contributed by atoms with van der Waals surface area (Å²) < 4.78 is 0. The van der Waals surface area contributed by atoms with E-state index >= 15 is 0 Å². The molecule has 10 heteroatoms. The van der Waals surface area contributed by atoms with E-state index in [4.69, 9.17) is 39.9 Å². The average Bonchev–Trinajstić information content (AvgIpc) is 1.54. The average molecular weight is 1840 g/mol. The molecule has 16 rings (SSSR count). The number of benzene rings is 6. The minimum absolute atomic E-state index is 0. The molecule has 0 bridgehead atoms. The van der Waals surface area contributed by atoms with Gasteiger partial charge in [-0.05, 0) is 193 Å². The van der Waals surface area contributed by atoms with Crippen LogP contribution in [-0.2, 0) is 105 Å². The van der Waals surface area contributed by atoms with Crippen LogP contribution < -0.4 is 0 Å². The molecule has 0 saturated carbocycles. The molecule has 6 aliphatic rings. The number of nitrogens with zero attached hydrogens (tertiary/aromatic N) is 8. The van der Waals surface area contributed by atoms with Gasteiger partial charge < -0.3 is 9.97 Å². The van der Waals surface area contributed by atoms with Crippen molar-refractivity contribution in [3.8, 4) is 90.8 Å². The topological polar surface area (TPSA) is 103 Å². The van der Waals surface area contributed by atoms with Gasteiger partial charge in [0.1, 0.15) is 0 Å². The molecule has 0 amide bonds. The Bertz CT molecular complexity index is 5230. The summed E-state index contributed by atoms with van der Waals surface area (Å²) in [5.41, 5.74) is 27.3. The predicted octanol–water partition coefficient (Wildman–Crippen LogP) is 25.9. The minimum Gasteiger partial charge on any atom is -0.304 e. The number of fused-ring (bicyclic) bond motifs is 6. The molecule has 4 aromatic heterocycles. The Morgan fingerprint density at radius 3 is 0.804 bits per heavy atom. The van der Waals surface area contributed by atoms with Crippen LogP contribution in [-0.4, -0.2) is 39.9 Å². The standard InChI is InChI=1S/2C51H61N4.2Ir/c1-44(2)29-45(3,4)37-25-30(17-21-34(37)44)40-24-20-33(28-52-40)43-54-41(31-18-22-35-38(26-31)48(9,10)50(13,14)46(35,5)6)53-42(55-43)32-19-23-36-39(27-32)49(11,12)51(15,16)47(36,7)8;1-45(2)23-25-47(5,6)38-28-32(16-19-35(38)45)42-53-43(33-17-20-36-39(29-33)48(7,8)26-24-46(36,3)4)55-44(54-42)34-18-22-41(52-30-34)31-15-21-37-40(27-31)50(11,12)51(13,14)49(37,9)10;;/h18-28H,29H2,1-16H3;16-22,27-30H,23-26H2,1-14H3;;/q2*-1;;. The summed E-state index contributed by atoms with van der Waals surface area (Å²) in [6.07, 6.45) is 9.63. The number of pyridine rings is 2. The number of rotatable bonds is 8. The van der Waals surface area contributed by atoms with Crippen molar-refractivity contribution in [1.29, 1.82) is 0 Å². The van der Waals surface area contributed by atoms with E-state index in [9.17, 15) is 0 Å². The van der Waals surface area contributed by atoms with Crippen molar-refractivity contribution in [2.24, 2.45) is 16.2 Å². The fraction of sp³-hybridized carbons (Fsp3) is 0.490. The van der Waals surface area contributed by atoms with E-state index < -0.39 is 0 Å². The third-order valence-electron chi connectivity index (χ3n) is 32.3. The molecule has 6 aliphatic carbocycles. The summed E-state index contributed by atoms with van der Waals surface area (Å²) in [6.45, 7) is 71.4. The normalized spacial score (nSPS) is 21.5. The first kappa shape index (κ1) is 82.9. The molecule has 590 valence electrons.